The zero-order chi connectivity index (χ0) is 9.90. The normalized spacial score (nSPS) is 25.4. The molecular weight excluding hydrogens is 190 g/mol. The van der Waals surface area contributed by atoms with Crippen LogP contribution in [-0.2, 0) is 10.0 Å². The van der Waals surface area contributed by atoms with Gasteiger partial charge in [0.15, 0.2) is 0 Å². The summed E-state index contributed by atoms with van der Waals surface area (Å²) < 4.78 is 24.2. The van der Waals surface area contributed by atoms with E-state index in [-0.39, 0.29) is 5.75 Å². The minimum atomic E-state index is -3.21. The first-order chi connectivity index (χ1) is 6.11. The predicted molar refractivity (Wildman–Crippen MR) is 48.4 cm³/mol. The molecule has 1 fully saturated rings. The Kier molecular flexibility index (Phi) is 3.25. The lowest BCUT2D eigenvalue weighted by Gasteiger charge is -2.30. The van der Waals surface area contributed by atoms with Crippen molar-refractivity contribution in [2.75, 3.05) is 25.4 Å². The van der Waals surface area contributed by atoms with Gasteiger partial charge in [-0.25, -0.2) is 8.42 Å². The van der Waals surface area contributed by atoms with Gasteiger partial charge in [0, 0.05) is 19.6 Å². The SMILES string of the molecule is CCS(=O)(=O)N1CCNCC1C#N. The van der Waals surface area contributed by atoms with Crippen LogP contribution in [-0.4, -0.2) is 44.2 Å². The molecule has 0 aromatic carbocycles. The standard InChI is InChI=1S/C7H13N3O2S/c1-2-13(11,12)10-4-3-9-6-7(10)5-8/h7,9H,2-4,6H2,1H3. The molecule has 0 amide bonds. The molecule has 1 heterocycles. The van der Waals surface area contributed by atoms with Crippen LogP contribution in [0, 0.1) is 11.3 Å². The molecule has 0 radical (unpaired) electrons. The fraction of sp³-hybridized carbons (Fsp3) is 0.857. The molecule has 1 aliphatic heterocycles. The van der Waals surface area contributed by atoms with Gasteiger partial charge >= 0.3 is 0 Å². The van der Waals surface area contributed by atoms with Gasteiger partial charge < -0.3 is 5.32 Å². The summed E-state index contributed by atoms with van der Waals surface area (Å²) in [6.45, 7) is 3.04. The first kappa shape index (κ1) is 10.4. The zero-order valence-electron chi connectivity index (χ0n) is 7.52. The first-order valence-electron chi connectivity index (χ1n) is 4.21. The number of sulfonamides is 1. The van der Waals surface area contributed by atoms with Crippen molar-refractivity contribution >= 4 is 10.0 Å². The zero-order valence-corrected chi connectivity index (χ0v) is 8.34. The Labute approximate surface area is 78.4 Å². The van der Waals surface area contributed by atoms with Crippen LogP contribution in [0.4, 0.5) is 0 Å². The molecular formula is C7H13N3O2S. The molecule has 0 aromatic heterocycles. The Bertz CT molecular complexity index is 306. The van der Waals surface area contributed by atoms with Crippen LogP contribution in [0.1, 0.15) is 6.92 Å². The average molecular weight is 203 g/mol. The van der Waals surface area contributed by atoms with Crippen LogP contribution in [0.5, 0.6) is 0 Å². The van der Waals surface area contributed by atoms with Gasteiger partial charge in [0.05, 0.1) is 11.8 Å². The van der Waals surface area contributed by atoms with Gasteiger partial charge in [-0.1, -0.05) is 0 Å². The number of hydrogen-bond acceptors (Lipinski definition) is 4. The Hall–Kier alpha value is -0.640. The lowest BCUT2D eigenvalue weighted by molar-refractivity contribution is 0.312. The summed E-state index contributed by atoms with van der Waals surface area (Å²) in [5.74, 6) is 0.0607. The Morgan fingerprint density at radius 1 is 1.69 bits per heavy atom. The van der Waals surface area contributed by atoms with Crippen molar-refractivity contribution in [3.05, 3.63) is 0 Å². The van der Waals surface area contributed by atoms with E-state index in [1.807, 2.05) is 6.07 Å². The highest BCUT2D eigenvalue weighted by Crippen LogP contribution is 2.09. The second-order valence-corrected chi connectivity index (χ2v) is 5.07. The maximum absolute atomic E-state index is 11.5. The van der Waals surface area contributed by atoms with Crippen molar-refractivity contribution in [1.29, 1.82) is 5.26 Å². The lowest BCUT2D eigenvalue weighted by atomic mass is 10.3. The molecule has 5 nitrogen and oxygen atoms in total. The third-order valence-electron chi connectivity index (χ3n) is 2.07. The monoisotopic (exact) mass is 203 g/mol. The van der Waals surface area contributed by atoms with Crippen molar-refractivity contribution in [2.45, 2.75) is 13.0 Å². The number of hydrogen-bond donors (Lipinski definition) is 1. The van der Waals surface area contributed by atoms with Gasteiger partial charge in [-0.05, 0) is 6.92 Å². The molecule has 0 aromatic rings. The van der Waals surface area contributed by atoms with Gasteiger partial charge in [-0.3, -0.25) is 0 Å². The van der Waals surface area contributed by atoms with E-state index in [1.54, 1.807) is 6.92 Å². The van der Waals surface area contributed by atoms with Crippen molar-refractivity contribution < 1.29 is 8.42 Å². The van der Waals surface area contributed by atoms with Gasteiger partial charge in [-0.15, -0.1) is 0 Å². The van der Waals surface area contributed by atoms with Gasteiger partial charge in [0.25, 0.3) is 0 Å². The summed E-state index contributed by atoms with van der Waals surface area (Å²) in [5.41, 5.74) is 0. The van der Waals surface area contributed by atoms with Crippen molar-refractivity contribution in [1.82, 2.24) is 9.62 Å². The Balaban J connectivity index is 2.83. The van der Waals surface area contributed by atoms with Crippen LogP contribution in [0.3, 0.4) is 0 Å². The fourth-order valence-corrected chi connectivity index (χ4v) is 2.51. The van der Waals surface area contributed by atoms with Gasteiger partial charge in [0.2, 0.25) is 10.0 Å². The molecule has 74 valence electrons. The highest BCUT2D eigenvalue weighted by molar-refractivity contribution is 7.89. The van der Waals surface area contributed by atoms with E-state index in [2.05, 4.69) is 5.32 Å². The highest BCUT2D eigenvalue weighted by Gasteiger charge is 2.30. The minimum Gasteiger partial charge on any atom is -0.313 e. The van der Waals surface area contributed by atoms with E-state index in [1.165, 1.54) is 4.31 Å². The highest BCUT2D eigenvalue weighted by atomic mass is 32.2. The molecule has 13 heavy (non-hydrogen) atoms. The van der Waals surface area contributed by atoms with Gasteiger partial charge in [-0.2, -0.15) is 9.57 Å². The maximum Gasteiger partial charge on any atom is 0.215 e. The molecule has 0 aliphatic carbocycles. The summed E-state index contributed by atoms with van der Waals surface area (Å²) in [5, 5.41) is 11.7. The molecule has 1 unspecified atom stereocenters. The maximum atomic E-state index is 11.5. The number of rotatable bonds is 2. The minimum absolute atomic E-state index is 0.0607. The van der Waals surface area contributed by atoms with E-state index >= 15 is 0 Å². The largest absolute Gasteiger partial charge is 0.313 e. The summed E-state index contributed by atoms with van der Waals surface area (Å²) in [6.07, 6.45) is 0. The fourth-order valence-electron chi connectivity index (χ4n) is 1.29. The topological polar surface area (TPSA) is 73.2 Å². The number of nitriles is 1. The molecule has 0 saturated carbocycles. The van der Waals surface area contributed by atoms with E-state index < -0.39 is 16.1 Å². The molecule has 1 atom stereocenters. The van der Waals surface area contributed by atoms with Crippen LogP contribution in [0.2, 0.25) is 0 Å². The number of nitrogens with zero attached hydrogens (tertiary/aromatic N) is 2. The van der Waals surface area contributed by atoms with Crippen LogP contribution < -0.4 is 5.32 Å². The van der Waals surface area contributed by atoms with Crippen LogP contribution in [0.15, 0.2) is 0 Å². The van der Waals surface area contributed by atoms with Crippen molar-refractivity contribution in [3.63, 3.8) is 0 Å². The van der Waals surface area contributed by atoms with E-state index in [0.29, 0.717) is 19.6 Å². The number of nitrogens with one attached hydrogen (secondary N) is 1. The molecule has 1 rings (SSSR count). The lowest BCUT2D eigenvalue weighted by Crippen LogP contribution is -2.53. The molecule has 0 spiro atoms. The summed E-state index contributed by atoms with van der Waals surface area (Å²) in [6, 6.07) is 1.44. The number of piperazine rings is 1. The van der Waals surface area contributed by atoms with E-state index in [0.717, 1.165) is 0 Å². The molecule has 1 saturated heterocycles. The third-order valence-corrected chi connectivity index (χ3v) is 3.95. The molecule has 1 aliphatic rings. The van der Waals surface area contributed by atoms with E-state index in [9.17, 15) is 8.42 Å². The van der Waals surface area contributed by atoms with Crippen LogP contribution >= 0.6 is 0 Å². The molecule has 6 heteroatoms. The summed E-state index contributed by atoms with van der Waals surface area (Å²) in [4.78, 5) is 0. The van der Waals surface area contributed by atoms with Crippen molar-refractivity contribution in [3.8, 4) is 6.07 Å². The van der Waals surface area contributed by atoms with Gasteiger partial charge in [0.1, 0.15) is 6.04 Å². The summed E-state index contributed by atoms with van der Waals surface area (Å²) >= 11 is 0. The molecule has 1 N–H and O–H groups in total. The average Bonchev–Trinajstić information content (AvgIpc) is 2.18. The Morgan fingerprint density at radius 3 is 2.92 bits per heavy atom. The Morgan fingerprint density at radius 2 is 2.38 bits per heavy atom. The second kappa shape index (κ2) is 4.05. The second-order valence-electron chi connectivity index (χ2n) is 2.86. The molecule has 0 bridgehead atoms. The summed E-state index contributed by atoms with van der Waals surface area (Å²) in [7, 11) is -3.21. The predicted octanol–water partition coefficient (Wildman–Crippen LogP) is -0.867. The third kappa shape index (κ3) is 2.18. The quantitative estimate of drug-likeness (QED) is 0.633. The van der Waals surface area contributed by atoms with E-state index in [4.69, 9.17) is 5.26 Å². The van der Waals surface area contributed by atoms with Crippen molar-refractivity contribution in [2.24, 2.45) is 0 Å². The van der Waals surface area contributed by atoms with Crippen LogP contribution in [0.25, 0.3) is 0 Å². The first-order valence-corrected chi connectivity index (χ1v) is 5.82. The smallest absolute Gasteiger partial charge is 0.215 e.